The maximum Gasteiger partial charge on any atom is 0.169 e. The average Bonchev–Trinajstić information content (AvgIpc) is 2.64. The summed E-state index contributed by atoms with van der Waals surface area (Å²) in [6, 6.07) is 15.0. The summed E-state index contributed by atoms with van der Waals surface area (Å²) < 4.78 is 11.3. The highest BCUT2D eigenvalue weighted by molar-refractivity contribution is 5.75. The van der Waals surface area contributed by atoms with Gasteiger partial charge in [0.05, 0.1) is 12.7 Å². The molecule has 0 aliphatic carbocycles. The van der Waals surface area contributed by atoms with Crippen LogP contribution in [0.1, 0.15) is 5.56 Å². The van der Waals surface area contributed by atoms with E-state index >= 15 is 0 Å². The van der Waals surface area contributed by atoms with E-state index in [2.05, 4.69) is 21.9 Å². The molecule has 2 aromatic carbocycles. The molecule has 0 saturated carbocycles. The highest BCUT2D eigenvalue weighted by Crippen LogP contribution is 2.35. The number of nitrogens with two attached hydrogens (primary N) is 1. The lowest BCUT2D eigenvalue weighted by atomic mass is 10.2. The van der Waals surface area contributed by atoms with Gasteiger partial charge in [-0.2, -0.15) is 0 Å². The van der Waals surface area contributed by atoms with Crippen LogP contribution in [0.4, 0.5) is 17.3 Å². The molecule has 25 heavy (non-hydrogen) atoms. The number of benzene rings is 2. The van der Waals surface area contributed by atoms with Crippen molar-refractivity contribution >= 4 is 23.4 Å². The van der Waals surface area contributed by atoms with Crippen molar-refractivity contribution in [2.45, 2.75) is 0 Å². The number of nitrogen functional groups attached to an aromatic ring is 1. The molecule has 6 heteroatoms. The van der Waals surface area contributed by atoms with Crippen LogP contribution in [0.25, 0.3) is 6.08 Å². The van der Waals surface area contributed by atoms with Gasteiger partial charge in [-0.3, -0.25) is 0 Å². The van der Waals surface area contributed by atoms with E-state index in [1.165, 1.54) is 6.33 Å². The molecule has 0 radical (unpaired) electrons. The molecule has 0 amide bonds. The van der Waals surface area contributed by atoms with Crippen LogP contribution in [0, 0.1) is 0 Å². The van der Waals surface area contributed by atoms with Gasteiger partial charge in [-0.25, -0.2) is 9.97 Å². The van der Waals surface area contributed by atoms with Crippen molar-refractivity contribution in [3.8, 4) is 17.2 Å². The molecule has 0 spiro atoms. The molecule has 0 atom stereocenters. The van der Waals surface area contributed by atoms with Crippen LogP contribution in [0.5, 0.6) is 17.2 Å². The van der Waals surface area contributed by atoms with E-state index < -0.39 is 0 Å². The monoisotopic (exact) mass is 334 g/mol. The molecule has 0 aliphatic rings. The molecule has 0 unspecified atom stereocenters. The summed E-state index contributed by atoms with van der Waals surface area (Å²) in [6.07, 6.45) is 3.01. The third-order valence-electron chi connectivity index (χ3n) is 3.52. The Morgan fingerprint density at radius 1 is 1.08 bits per heavy atom. The standard InChI is InChI=1S/C19H18N4O2/c1-3-15-18(20)21-12-22-19(15)23-13-9-10-16(17(11-13)24-2)25-14-7-5-4-6-8-14/h3-12H,1H2,2H3,(H3,20,21,22,23). The van der Waals surface area contributed by atoms with Crippen molar-refractivity contribution in [2.75, 3.05) is 18.2 Å². The maximum absolute atomic E-state index is 5.86. The molecule has 126 valence electrons. The van der Waals surface area contributed by atoms with E-state index in [1.807, 2.05) is 48.5 Å². The van der Waals surface area contributed by atoms with E-state index in [0.29, 0.717) is 28.7 Å². The molecule has 3 rings (SSSR count). The van der Waals surface area contributed by atoms with Crippen LogP contribution in [-0.4, -0.2) is 17.1 Å². The molecule has 0 fully saturated rings. The Kier molecular flexibility index (Phi) is 4.80. The van der Waals surface area contributed by atoms with Crippen molar-refractivity contribution in [3.63, 3.8) is 0 Å². The third kappa shape index (κ3) is 3.69. The second kappa shape index (κ2) is 7.35. The minimum Gasteiger partial charge on any atom is -0.493 e. The van der Waals surface area contributed by atoms with Gasteiger partial charge < -0.3 is 20.5 Å². The van der Waals surface area contributed by atoms with Crippen LogP contribution in [0.3, 0.4) is 0 Å². The van der Waals surface area contributed by atoms with Gasteiger partial charge in [0.2, 0.25) is 0 Å². The first-order valence-electron chi connectivity index (χ1n) is 7.62. The number of methoxy groups -OCH3 is 1. The lowest BCUT2D eigenvalue weighted by molar-refractivity contribution is 0.379. The summed E-state index contributed by atoms with van der Waals surface area (Å²) >= 11 is 0. The zero-order valence-electron chi connectivity index (χ0n) is 13.8. The SMILES string of the molecule is C=Cc1c(N)ncnc1Nc1ccc(Oc2ccccc2)c(OC)c1. The van der Waals surface area contributed by atoms with Gasteiger partial charge in [0, 0.05) is 11.8 Å². The number of hydrogen-bond donors (Lipinski definition) is 2. The summed E-state index contributed by atoms with van der Waals surface area (Å²) in [5.41, 5.74) is 7.27. The first-order valence-corrected chi connectivity index (χ1v) is 7.62. The number of anilines is 3. The molecule has 0 bridgehead atoms. The van der Waals surface area contributed by atoms with E-state index in [4.69, 9.17) is 15.2 Å². The van der Waals surface area contributed by atoms with Crippen molar-refractivity contribution in [3.05, 3.63) is 67.0 Å². The molecule has 3 aromatic rings. The largest absolute Gasteiger partial charge is 0.493 e. The van der Waals surface area contributed by atoms with E-state index in [0.717, 1.165) is 11.4 Å². The van der Waals surface area contributed by atoms with Crippen molar-refractivity contribution < 1.29 is 9.47 Å². The predicted molar refractivity (Wildman–Crippen MR) is 99.3 cm³/mol. The third-order valence-corrected chi connectivity index (χ3v) is 3.52. The molecule has 3 N–H and O–H groups in total. The average molecular weight is 334 g/mol. The van der Waals surface area contributed by atoms with Gasteiger partial charge in [0.1, 0.15) is 23.7 Å². The van der Waals surface area contributed by atoms with Crippen LogP contribution in [0.15, 0.2) is 61.4 Å². The zero-order valence-corrected chi connectivity index (χ0v) is 13.8. The fraction of sp³-hybridized carbons (Fsp3) is 0.0526. The first-order chi connectivity index (χ1) is 12.2. The number of para-hydroxylation sites is 1. The summed E-state index contributed by atoms with van der Waals surface area (Å²) in [6.45, 7) is 3.74. The quantitative estimate of drug-likeness (QED) is 0.701. The van der Waals surface area contributed by atoms with Gasteiger partial charge >= 0.3 is 0 Å². The molecular weight excluding hydrogens is 316 g/mol. The molecule has 0 saturated heterocycles. The molecule has 6 nitrogen and oxygen atoms in total. The van der Waals surface area contributed by atoms with Gasteiger partial charge in [0.15, 0.2) is 11.5 Å². The summed E-state index contributed by atoms with van der Waals surface area (Å²) in [5, 5.41) is 3.19. The number of rotatable bonds is 6. The maximum atomic E-state index is 5.86. The number of nitrogens with one attached hydrogen (secondary N) is 1. The van der Waals surface area contributed by atoms with E-state index in [-0.39, 0.29) is 0 Å². The fourth-order valence-corrected chi connectivity index (χ4v) is 2.29. The predicted octanol–water partition coefficient (Wildman–Crippen LogP) is 4.25. The highest BCUT2D eigenvalue weighted by atomic mass is 16.5. The summed E-state index contributed by atoms with van der Waals surface area (Å²) in [4.78, 5) is 8.16. The van der Waals surface area contributed by atoms with Crippen LogP contribution >= 0.6 is 0 Å². The van der Waals surface area contributed by atoms with Crippen LogP contribution in [-0.2, 0) is 0 Å². The van der Waals surface area contributed by atoms with Gasteiger partial charge in [-0.15, -0.1) is 0 Å². The van der Waals surface area contributed by atoms with Crippen molar-refractivity contribution in [2.24, 2.45) is 0 Å². The number of aromatic nitrogens is 2. The topological polar surface area (TPSA) is 82.3 Å². The van der Waals surface area contributed by atoms with Crippen molar-refractivity contribution in [1.82, 2.24) is 9.97 Å². The Balaban J connectivity index is 1.87. The summed E-state index contributed by atoms with van der Waals surface area (Å²) in [7, 11) is 1.59. The van der Waals surface area contributed by atoms with Gasteiger partial charge in [-0.05, 0) is 24.3 Å². The molecule has 1 heterocycles. The Hall–Kier alpha value is -3.54. The Bertz CT molecular complexity index is 882. The van der Waals surface area contributed by atoms with Crippen LogP contribution in [0.2, 0.25) is 0 Å². The number of ether oxygens (including phenoxy) is 2. The number of nitrogens with zero attached hydrogens (tertiary/aromatic N) is 2. The Labute approximate surface area is 146 Å². The van der Waals surface area contributed by atoms with E-state index in [1.54, 1.807) is 13.2 Å². The van der Waals surface area contributed by atoms with Gasteiger partial charge in [-0.1, -0.05) is 30.9 Å². The van der Waals surface area contributed by atoms with Crippen LogP contribution < -0.4 is 20.5 Å². The lowest BCUT2D eigenvalue weighted by Crippen LogP contribution is -2.02. The second-order valence-electron chi connectivity index (χ2n) is 5.13. The minimum atomic E-state index is 0.364. The molecular formula is C19H18N4O2. The highest BCUT2D eigenvalue weighted by Gasteiger charge is 2.10. The number of hydrogen-bond acceptors (Lipinski definition) is 6. The Morgan fingerprint density at radius 2 is 1.88 bits per heavy atom. The Morgan fingerprint density at radius 3 is 2.60 bits per heavy atom. The smallest absolute Gasteiger partial charge is 0.169 e. The zero-order chi connectivity index (χ0) is 17.6. The fourth-order valence-electron chi connectivity index (χ4n) is 2.29. The van der Waals surface area contributed by atoms with Crippen molar-refractivity contribution in [1.29, 1.82) is 0 Å². The van der Waals surface area contributed by atoms with Gasteiger partial charge in [0.25, 0.3) is 0 Å². The normalized spacial score (nSPS) is 10.1. The summed E-state index contributed by atoms with van der Waals surface area (Å²) in [5.74, 6) is 2.88. The molecule has 0 aliphatic heterocycles. The van der Waals surface area contributed by atoms with E-state index in [9.17, 15) is 0 Å². The first kappa shape index (κ1) is 16.3. The molecule has 1 aromatic heterocycles. The second-order valence-corrected chi connectivity index (χ2v) is 5.13. The minimum absolute atomic E-state index is 0.364. The lowest BCUT2D eigenvalue weighted by Gasteiger charge is -2.14.